The van der Waals surface area contributed by atoms with Gasteiger partial charge in [-0.3, -0.25) is 0 Å². The summed E-state index contributed by atoms with van der Waals surface area (Å²) in [4.78, 5) is 2.20. The summed E-state index contributed by atoms with van der Waals surface area (Å²) in [7, 11) is 2.06. The van der Waals surface area contributed by atoms with E-state index in [0.717, 1.165) is 19.7 Å². The quantitative estimate of drug-likeness (QED) is 0.551. The molecule has 0 aromatic carbocycles. The number of rotatable bonds is 1. The van der Waals surface area contributed by atoms with Gasteiger partial charge in [0.2, 0.25) is 0 Å². The Morgan fingerprint density at radius 3 is 3.00 bits per heavy atom. The van der Waals surface area contributed by atoms with Crippen molar-refractivity contribution < 1.29 is 4.74 Å². The maximum absolute atomic E-state index is 8.62. The summed E-state index contributed by atoms with van der Waals surface area (Å²) < 4.78 is 5.44. The molecule has 0 amide bonds. The summed E-state index contributed by atoms with van der Waals surface area (Å²) in [6.45, 7) is 4.53. The summed E-state index contributed by atoms with van der Waals surface area (Å²) >= 11 is 0. The second-order valence-corrected chi connectivity index (χ2v) is 3.09. The van der Waals surface area contributed by atoms with Crippen LogP contribution < -0.4 is 0 Å². The van der Waals surface area contributed by atoms with Crippen LogP contribution in [-0.2, 0) is 4.74 Å². The summed E-state index contributed by atoms with van der Waals surface area (Å²) in [5.74, 6) is 0.0118. The Labute approximate surface area is 67.6 Å². The SMILES string of the molecule is CC(C#N)C1CN(C)CCO1. The Bertz CT molecular complexity index is 164. The zero-order valence-corrected chi connectivity index (χ0v) is 7.08. The van der Waals surface area contributed by atoms with Crippen molar-refractivity contribution >= 4 is 0 Å². The van der Waals surface area contributed by atoms with Crippen LogP contribution >= 0.6 is 0 Å². The first-order valence-corrected chi connectivity index (χ1v) is 3.94. The molecule has 3 heteroatoms. The highest BCUT2D eigenvalue weighted by atomic mass is 16.5. The Balaban J connectivity index is 2.40. The average Bonchev–Trinajstić information content (AvgIpc) is 2.03. The Hall–Kier alpha value is -0.590. The molecule has 0 aliphatic carbocycles. The van der Waals surface area contributed by atoms with Gasteiger partial charge in [-0.15, -0.1) is 0 Å². The molecule has 1 heterocycles. The third-order valence-corrected chi connectivity index (χ3v) is 2.06. The molecule has 62 valence electrons. The van der Waals surface area contributed by atoms with Crippen LogP contribution in [0.1, 0.15) is 6.92 Å². The number of hydrogen-bond acceptors (Lipinski definition) is 3. The third-order valence-electron chi connectivity index (χ3n) is 2.06. The lowest BCUT2D eigenvalue weighted by molar-refractivity contribution is -0.0354. The number of nitrogens with zero attached hydrogens (tertiary/aromatic N) is 2. The number of nitriles is 1. The summed E-state index contributed by atoms with van der Waals surface area (Å²) in [6.07, 6.45) is 0.110. The third kappa shape index (κ3) is 2.18. The van der Waals surface area contributed by atoms with E-state index in [0.29, 0.717) is 0 Å². The normalized spacial score (nSPS) is 29.4. The first kappa shape index (κ1) is 8.51. The van der Waals surface area contributed by atoms with Crippen LogP contribution in [0.25, 0.3) is 0 Å². The molecule has 1 saturated heterocycles. The fourth-order valence-electron chi connectivity index (χ4n) is 1.20. The van der Waals surface area contributed by atoms with Gasteiger partial charge >= 0.3 is 0 Å². The smallest absolute Gasteiger partial charge is 0.0857 e. The van der Waals surface area contributed by atoms with E-state index in [-0.39, 0.29) is 12.0 Å². The van der Waals surface area contributed by atoms with Gasteiger partial charge in [0.05, 0.1) is 24.7 Å². The number of ether oxygens (including phenoxy) is 1. The average molecular weight is 154 g/mol. The zero-order valence-electron chi connectivity index (χ0n) is 7.08. The molecular weight excluding hydrogens is 140 g/mol. The van der Waals surface area contributed by atoms with E-state index < -0.39 is 0 Å². The van der Waals surface area contributed by atoms with Crippen molar-refractivity contribution in [2.24, 2.45) is 5.92 Å². The zero-order chi connectivity index (χ0) is 8.27. The predicted molar refractivity (Wildman–Crippen MR) is 42.0 cm³/mol. The Morgan fingerprint density at radius 2 is 2.45 bits per heavy atom. The van der Waals surface area contributed by atoms with Crippen molar-refractivity contribution in [3.8, 4) is 6.07 Å². The number of likely N-dealkylation sites (N-methyl/N-ethyl adjacent to an activating group) is 1. The molecule has 2 unspecified atom stereocenters. The molecule has 1 rings (SSSR count). The highest BCUT2D eigenvalue weighted by Gasteiger charge is 2.22. The molecule has 1 fully saturated rings. The largest absolute Gasteiger partial charge is 0.374 e. The molecule has 0 radical (unpaired) electrons. The molecule has 0 aromatic heterocycles. The van der Waals surface area contributed by atoms with Gasteiger partial charge in [0, 0.05) is 13.1 Å². The second kappa shape index (κ2) is 3.70. The monoisotopic (exact) mass is 154 g/mol. The molecule has 0 bridgehead atoms. The second-order valence-electron chi connectivity index (χ2n) is 3.09. The maximum atomic E-state index is 8.62. The Kier molecular flexibility index (Phi) is 2.86. The van der Waals surface area contributed by atoms with E-state index in [4.69, 9.17) is 10.00 Å². The molecule has 0 aromatic rings. The first-order valence-electron chi connectivity index (χ1n) is 3.94. The van der Waals surface area contributed by atoms with Crippen LogP contribution in [0.2, 0.25) is 0 Å². The van der Waals surface area contributed by atoms with Crippen LogP contribution in [-0.4, -0.2) is 37.7 Å². The van der Waals surface area contributed by atoms with Gasteiger partial charge in [-0.2, -0.15) is 5.26 Å². The topological polar surface area (TPSA) is 36.3 Å². The van der Waals surface area contributed by atoms with Crippen LogP contribution in [0.3, 0.4) is 0 Å². The lowest BCUT2D eigenvalue weighted by atomic mass is 10.1. The molecule has 11 heavy (non-hydrogen) atoms. The molecule has 0 spiro atoms. The van der Waals surface area contributed by atoms with Crippen molar-refractivity contribution in [3.05, 3.63) is 0 Å². The van der Waals surface area contributed by atoms with Gasteiger partial charge in [0.1, 0.15) is 0 Å². The van der Waals surface area contributed by atoms with Crippen molar-refractivity contribution in [3.63, 3.8) is 0 Å². The molecule has 1 aliphatic rings. The number of hydrogen-bond donors (Lipinski definition) is 0. The van der Waals surface area contributed by atoms with Crippen LogP contribution in [0.4, 0.5) is 0 Å². The van der Waals surface area contributed by atoms with Gasteiger partial charge in [-0.25, -0.2) is 0 Å². The highest BCUT2D eigenvalue weighted by molar-refractivity contribution is 4.88. The van der Waals surface area contributed by atoms with Crippen molar-refractivity contribution in [2.45, 2.75) is 13.0 Å². The van der Waals surface area contributed by atoms with Crippen molar-refractivity contribution in [2.75, 3.05) is 26.7 Å². The van der Waals surface area contributed by atoms with Gasteiger partial charge < -0.3 is 9.64 Å². The van der Waals surface area contributed by atoms with Gasteiger partial charge in [-0.1, -0.05) is 0 Å². The van der Waals surface area contributed by atoms with E-state index >= 15 is 0 Å². The van der Waals surface area contributed by atoms with Crippen LogP contribution in [0.15, 0.2) is 0 Å². The van der Waals surface area contributed by atoms with E-state index in [1.807, 2.05) is 6.92 Å². The molecule has 3 nitrogen and oxygen atoms in total. The molecule has 0 N–H and O–H groups in total. The molecule has 2 atom stereocenters. The summed E-state index contributed by atoms with van der Waals surface area (Å²) in [5, 5.41) is 8.62. The summed E-state index contributed by atoms with van der Waals surface area (Å²) in [6, 6.07) is 2.20. The maximum Gasteiger partial charge on any atom is 0.0857 e. The van der Waals surface area contributed by atoms with E-state index in [2.05, 4.69) is 18.0 Å². The van der Waals surface area contributed by atoms with Gasteiger partial charge in [0.25, 0.3) is 0 Å². The van der Waals surface area contributed by atoms with Gasteiger partial charge in [-0.05, 0) is 14.0 Å². The predicted octanol–water partition coefficient (Wildman–Crippen LogP) is 0.477. The highest BCUT2D eigenvalue weighted by Crippen LogP contribution is 2.11. The van der Waals surface area contributed by atoms with E-state index in [1.165, 1.54) is 0 Å². The molecular formula is C8H14N2O. The van der Waals surface area contributed by atoms with E-state index in [9.17, 15) is 0 Å². The minimum Gasteiger partial charge on any atom is -0.374 e. The number of morpholine rings is 1. The standard InChI is InChI=1S/C8H14N2O/c1-7(5-9)8-6-10(2)3-4-11-8/h7-8H,3-4,6H2,1-2H3. The fraction of sp³-hybridized carbons (Fsp3) is 0.875. The van der Waals surface area contributed by atoms with E-state index in [1.54, 1.807) is 0 Å². The van der Waals surface area contributed by atoms with Gasteiger partial charge in [0.15, 0.2) is 0 Å². The van der Waals surface area contributed by atoms with Crippen molar-refractivity contribution in [1.82, 2.24) is 4.90 Å². The fourth-order valence-corrected chi connectivity index (χ4v) is 1.20. The van der Waals surface area contributed by atoms with Crippen LogP contribution in [0.5, 0.6) is 0 Å². The summed E-state index contributed by atoms with van der Waals surface area (Å²) in [5.41, 5.74) is 0. The Morgan fingerprint density at radius 1 is 1.73 bits per heavy atom. The van der Waals surface area contributed by atoms with Crippen LogP contribution in [0, 0.1) is 17.2 Å². The minimum absolute atomic E-state index is 0.0118. The lowest BCUT2D eigenvalue weighted by Gasteiger charge is -2.31. The first-order chi connectivity index (χ1) is 5.24. The van der Waals surface area contributed by atoms with Crippen molar-refractivity contribution in [1.29, 1.82) is 5.26 Å². The molecule has 1 aliphatic heterocycles. The minimum atomic E-state index is 0.0118. The lowest BCUT2D eigenvalue weighted by Crippen LogP contribution is -2.42. The molecule has 0 saturated carbocycles.